The lowest BCUT2D eigenvalue weighted by Gasteiger charge is -2.28. The number of aliphatic hydroxyl groups excluding tert-OH is 3. The van der Waals surface area contributed by atoms with Gasteiger partial charge in [0.25, 0.3) is 0 Å². The zero-order chi connectivity index (χ0) is 79.7. The number of aromatic amines is 2. The molecule has 41 nitrogen and oxygen atoms in total. The maximum atomic E-state index is 14.5. The van der Waals surface area contributed by atoms with Crippen molar-refractivity contribution in [1.82, 2.24) is 94.4 Å². The quantitative estimate of drug-likeness (QED) is 0.0250. The normalized spacial score (nSPS) is 14.8. The van der Waals surface area contributed by atoms with Crippen LogP contribution in [0.1, 0.15) is 105 Å². The van der Waals surface area contributed by atoms with Gasteiger partial charge in [0, 0.05) is 43.0 Å². The molecule has 1 aromatic carbocycles. The monoisotopic (exact) mass is 1500 g/mol. The number of carboxylic acids is 1. The van der Waals surface area contributed by atoms with E-state index in [0.717, 1.165) is 6.92 Å². The van der Waals surface area contributed by atoms with E-state index < -0.39 is 212 Å². The van der Waals surface area contributed by atoms with Crippen LogP contribution in [0, 0.1) is 17.8 Å². The molecule has 0 bridgehead atoms. The van der Waals surface area contributed by atoms with E-state index in [-0.39, 0.29) is 62.0 Å². The first-order valence-electron chi connectivity index (χ1n) is 33.8. The first-order chi connectivity index (χ1) is 49.8. The molecule has 0 unspecified atom stereocenters. The molecule has 586 valence electrons. The van der Waals surface area contributed by atoms with Crippen LogP contribution in [0.5, 0.6) is 5.75 Å². The highest BCUT2D eigenvalue weighted by molar-refractivity contribution is 6.00. The molecule has 13 atom stereocenters. The van der Waals surface area contributed by atoms with Gasteiger partial charge in [0.1, 0.15) is 72.2 Å². The number of carboxylic acid groups (broad SMARTS) is 1. The van der Waals surface area contributed by atoms with E-state index in [9.17, 15) is 92.0 Å². The smallest absolute Gasteiger partial charge is 0.328 e. The van der Waals surface area contributed by atoms with Gasteiger partial charge in [0.15, 0.2) is 0 Å². The molecule has 3 aromatic rings. The maximum Gasteiger partial charge on any atom is 0.328 e. The highest BCUT2D eigenvalue weighted by atomic mass is 16.4. The molecule has 0 aliphatic carbocycles. The van der Waals surface area contributed by atoms with Crippen LogP contribution in [0.2, 0.25) is 0 Å². The standard InChI is InChI=1S/C65H100N20O21/c1-30(2)14-41(81-61(101)44(17-36-10-12-39(89)13-11-36)83-62(102)46(19-38-22-69-29-74-38)79-55(95)34(8)76-58(98)45(18-37-21-68-28-73-37)80-56(96)40(66)20-49(67)90)57(97)71-25-51(92)75-33(7)54(94)78-42(15-31(3)4)59(99)82-43(16-32(5)6)60(100)84-47(26-86)63(103)85-53(35(9)88)64(104)72-23-50(91)70-24-52(93)77-48(27-87)65(105)106/h10-13,21-22,28-35,40-48,53,86-89H,14-20,23-27,66H2,1-9H3,(H2,67,90)(H,68,73)(H,69,74)(H,70,91)(H,71,97)(H,72,104)(H,75,92)(H,76,98)(H,77,93)(H,78,94)(H,79,95)(H,80,96)(H,81,101)(H,82,99)(H,83,102)(H,84,100)(H,85,103)(H,105,106)/t33-,34-,35+,40-,41-,42-,43-,44-,45-,46-,47-,48-,53-/m0/s1. The van der Waals surface area contributed by atoms with Gasteiger partial charge in [-0.25, -0.2) is 14.8 Å². The summed E-state index contributed by atoms with van der Waals surface area (Å²) in [6.45, 7) is 9.63. The van der Waals surface area contributed by atoms with E-state index in [0.29, 0.717) is 17.0 Å². The molecular weight excluding hydrogens is 1400 g/mol. The van der Waals surface area contributed by atoms with Gasteiger partial charge in [-0.3, -0.25) is 71.9 Å². The van der Waals surface area contributed by atoms with Crippen LogP contribution in [0.15, 0.2) is 49.3 Å². The topological polar surface area (TPSA) is 652 Å². The molecule has 0 spiro atoms. The van der Waals surface area contributed by atoms with Crippen molar-refractivity contribution in [3.63, 3.8) is 0 Å². The summed E-state index contributed by atoms with van der Waals surface area (Å²) in [6, 6.07) is -12.4. The number of nitrogens with two attached hydrogens (primary N) is 2. The van der Waals surface area contributed by atoms with Gasteiger partial charge in [0.2, 0.25) is 88.6 Å². The van der Waals surface area contributed by atoms with E-state index in [1.807, 2.05) is 5.32 Å². The fourth-order valence-electron chi connectivity index (χ4n) is 9.94. The fraction of sp³-hybridized carbons (Fsp3) is 0.569. The highest BCUT2D eigenvalue weighted by Gasteiger charge is 2.37. The van der Waals surface area contributed by atoms with Crippen LogP contribution < -0.4 is 85.9 Å². The molecule has 2 aromatic heterocycles. The van der Waals surface area contributed by atoms with E-state index >= 15 is 0 Å². The number of amides is 15. The van der Waals surface area contributed by atoms with Crippen LogP contribution >= 0.6 is 0 Å². The first-order valence-corrected chi connectivity index (χ1v) is 33.8. The van der Waals surface area contributed by atoms with Crippen molar-refractivity contribution in [1.29, 1.82) is 0 Å². The predicted molar refractivity (Wildman–Crippen MR) is 372 cm³/mol. The number of H-pyrrole nitrogens is 2. The molecule has 15 amide bonds. The molecule has 41 heteroatoms. The number of phenolic OH excluding ortho intramolecular Hbond substituents is 1. The number of phenols is 1. The van der Waals surface area contributed by atoms with Gasteiger partial charge < -0.3 is 121 Å². The minimum atomic E-state index is -1.81. The van der Waals surface area contributed by atoms with Crippen LogP contribution in [0.3, 0.4) is 0 Å². The van der Waals surface area contributed by atoms with E-state index in [2.05, 4.69) is 89.1 Å². The van der Waals surface area contributed by atoms with Gasteiger partial charge in [0.05, 0.1) is 64.1 Å². The van der Waals surface area contributed by atoms with Gasteiger partial charge >= 0.3 is 5.97 Å². The summed E-state index contributed by atoms with van der Waals surface area (Å²) in [6.07, 6.45) is 2.41. The Balaban J connectivity index is 1.74. The number of carbonyl (C=O) groups is 16. The first kappa shape index (κ1) is 89.0. The second kappa shape index (κ2) is 44.5. The number of aromatic hydroxyl groups is 1. The van der Waals surface area contributed by atoms with Gasteiger partial charge in [-0.1, -0.05) is 53.7 Å². The van der Waals surface area contributed by atoms with Crippen LogP contribution in [0.25, 0.3) is 0 Å². The second-order valence-electron chi connectivity index (χ2n) is 26.3. The number of hydrogen-bond acceptors (Lipinski definition) is 23. The number of aliphatic carboxylic acids is 1. The summed E-state index contributed by atoms with van der Waals surface area (Å²) < 4.78 is 0. The SMILES string of the molecule is CC(C)C[C@H](NC(=O)[C@H](C)NC(=O)CNC(=O)[C@H](CC(C)C)NC(=O)[C@H](Cc1ccc(O)cc1)NC(=O)[C@H](Cc1cnc[nH]1)NC(=O)[C@H](C)NC(=O)[C@H](Cc1cnc[nH]1)NC(=O)[C@@H](N)CC(N)=O)C(=O)N[C@@H](CC(C)C)C(=O)N[C@@H](CO)C(=O)N[C@H](C(=O)NCC(=O)NCC(=O)N[C@@H](CO)C(=O)O)[C@@H](C)O. The molecule has 106 heavy (non-hydrogen) atoms. The Labute approximate surface area is 609 Å². The molecule has 0 aliphatic heterocycles. The molecule has 0 aliphatic rings. The summed E-state index contributed by atoms with van der Waals surface area (Å²) in [5.74, 6) is -16.8. The zero-order valence-electron chi connectivity index (χ0n) is 60.2. The Kier molecular flexibility index (Phi) is 37.3. The molecule has 2 heterocycles. The summed E-state index contributed by atoms with van der Waals surface area (Å²) in [5, 5.41) is 82.2. The Bertz CT molecular complexity index is 3480. The number of aliphatic hydroxyl groups is 3. The number of hydrogen-bond donors (Lipinski definition) is 23. The summed E-state index contributed by atoms with van der Waals surface area (Å²) >= 11 is 0. The molecule has 0 saturated carbocycles. The van der Waals surface area contributed by atoms with Crippen LogP contribution in [-0.2, 0) is 96.0 Å². The average Bonchev–Trinajstić information content (AvgIpc) is 1.07. The Morgan fingerprint density at radius 1 is 0.425 bits per heavy atom. The lowest BCUT2D eigenvalue weighted by Crippen LogP contribution is -2.61. The number of imidazole rings is 2. The number of nitrogens with zero attached hydrogens (tertiary/aromatic N) is 2. The third-order valence-corrected chi connectivity index (χ3v) is 15.5. The molecule has 3 rings (SSSR count). The van der Waals surface area contributed by atoms with Crippen molar-refractivity contribution in [3.05, 3.63) is 66.3 Å². The number of carbonyl (C=O) groups excluding carboxylic acids is 15. The average molecular weight is 1500 g/mol. The third kappa shape index (κ3) is 32.2. The molecule has 0 fully saturated rings. The largest absolute Gasteiger partial charge is 0.508 e. The highest BCUT2D eigenvalue weighted by Crippen LogP contribution is 2.15. The van der Waals surface area contributed by atoms with Gasteiger partial charge in [-0.15, -0.1) is 0 Å². The van der Waals surface area contributed by atoms with Crippen LogP contribution in [-0.4, -0.2) is 251 Å². The van der Waals surface area contributed by atoms with Crippen molar-refractivity contribution in [2.45, 2.75) is 186 Å². The number of primary amides is 1. The summed E-state index contributed by atoms with van der Waals surface area (Å²) in [4.78, 5) is 226. The van der Waals surface area contributed by atoms with Crippen LogP contribution in [0.4, 0.5) is 0 Å². The molecular formula is C65H100N20O21. The number of benzene rings is 1. The van der Waals surface area contributed by atoms with Gasteiger partial charge in [-0.2, -0.15) is 0 Å². The van der Waals surface area contributed by atoms with E-state index in [1.54, 1.807) is 41.5 Å². The Morgan fingerprint density at radius 3 is 1.25 bits per heavy atom. The third-order valence-electron chi connectivity index (χ3n) is 15.5. The van der Waals surface area contributed by atoms with E-state index in [1.165, 1.54) is 63.2 Å². The maximum absolute atomic E-state index is 14.5. The van der Waals surface area contributed by atoms with Crippen molar-refractivity contribution in [3.8, 4) is 5.75 Å². The molecule has 0 saturated heterocycles. The molecule has 25 N–H and O–H groups in total. The van der Waals surface area contributed by atoms with Crippen molar-refractivity contribution >= 4 is 94.6 Å². The lowest BCUT2D eigenvalue weighted by atomic mass is 9.99. The number of rotatable bonds is 46. The summed E-state index contributed by atoms with van der Waals surface area (Å²) in [5.41, 5.74) is 12.2. The number of nitrogens with one attached hydrogen (secondary N) is 16. The number of aromatic nitrogens is 4. The Morgan fingerprint density at radius 2 is 0.802 bits per heavy atom. The van der Waals surface area contributed by atoms with Crippen molar-refractivity contribution in [2.24, 2.45) is 29.2 Å². The van der Waals surface area contributed by atoms with E-state index in [4.69, 9.17) is 21.7 Å². The predicted octanol–water partition coefficient (Wildman–Crippen LogP) is -8.62. The Hall–Kier alpha value is -11.2. The second-order valence-corrected chi connectivity index (χ2v) is 26.3. The fourth-order valence-corrected chi connectivity index (χ4v) is 9.94. The minimum absolute atomic E-state index is 0.0195. The molecule has 0 radical (unpaired) electrons. The van der Waals surface area contributed by atoms with Crippen molar-refractivity contribution < 1.29 is 102 Å². The summed E-state index contributed by atoms with van der Waals surface area (Å²) in [7, 11) is 0. The zero-order valence-corrected chi connectivity index (χ0v) is 60.2. The van der Waals surface area contributed by atoms with Crippen molar-refractivity contribution in [2.75, 3.05) is 32.8 Å². The lowest BCUT2D eigenvalue weighted by molar-refractivity contribution is -0.143. The minimum Gasteiger partial charge on any atom is -0.508 e. The van der Waals surface area contributed by atoms with Gasteiger partial charge in [-0.05, 0) is 75.5 Å².